The molecule has 0 N–H and O–H groups in total. The maximum absolute atomic E-state index is 11.3. The Bertz CT molecular complexity index is 595. The Morgan fingerprint density at radius 3 is 2.29 bits per heavy atom. The van der Waals surface area contributed by atoms with Gasteiger partial charge in [-0.2, -0.15) is 0 Å². The minimum Gasteiger partial charge on any atom is -0.490 e. The molecule has 2 aromatic rings. The molecule has 0 saturated heterocycles. The largest absolute Gasteiger partial charge is 0.490 e. The van der Waals surface area contributed by atoms with Crippen molar-refractivity contribution in [3.63, 3.8) is 0 Å². The van der Waals surface area contributed by atoms with Crippen LogP contribution < -0.4 is 9.47 Å². The van der Waals surface area contributed by atoms with Gasteiger partial charge in [0.15, 0.2) is 0 Å². The van der Waals surface area contributed by atoms with Gasteiger partial charge >= 0.3 is 5.97 Å². The fraction of sp³-hybridized carbons (Fsp3) is 0.188. The van der Waals surface area contributed by atoms with Crippen molar-refractivity contribution in [2.45, 2.75) is 0 Å². The molecule has 4 nitrogen and oxygen atoms in total. The highest BCUT2D eigenvalue weighted by molar-refractivity contribution is 6.30. The van der Waals surface area contributed by atoms with E-state index in [1.54, 1.807) is 36.4 Å². The molecule has 0 unspecified atom stereocenters. The van der Waals surface area contributed by atoms with Crippen molar-refractivity contribution in [3.8, 4) is 11.5 Å². The molecule has 0 aromatic heterocycles. The van der Waals surface area contributed by atoms with E-state index in [2.05, 4.69) is 4.74 Å². The van der Waals surface area contributed by atoms with Crippen LogP contribution in [0.2, 0.25) is 5.02 Å². The first-order valence-corrected chi connectivity index (χ1v) is 6.76. The average Bonchev–Trinajstić information content (AvgIpc) is 2.51. The van der Waals surface area contributed by atoms with Crippen molar-refractivity contribution in [2.75, 3.05) is 20.3 Å². The van der Waals surface area contributed by atoms with Crippen molar-refractivity contribution in [3.05, 3.63) is 59.1 Å². The van der Waals surface area contributed by atoms with Gasteiger partial charge in [-0.25, -0.2) is 4.79 Å². The number of rotatable bonds is 6. The first-order chi connectivity index (χ1) is 10.2. The highest BCUT2D eigenvalue weighted by Crippen LogP contribution is 2.17. The summed E-state index contributed by atoms with van der Waals surface area (Å²) in [4.78, 5) is 11.3. The Kier molecular flexibility index (Phi) is 5.46. The van der Waals surface area contributed by atoms with Crippen molar-refractivity contribution in [1.29, 1.82) is 0 Å². The number of carbonyl (C=O) groups excluding carboxylic acids is 1. The predicted octanol–water partition coefficient (Wildman–Crippen LogP) is 3.58. The van der Waals surface area contributed by atoms with E-state index in [-0.39, 0.29) is 5.97 Å². The fourth-order valence-electron chi connectivity index (χ4n) is 1.68. The van der Waals surface area contributed by atoms with E-state index in [0.29, 0.717) is 35.3 Å². The van der Waals surface area contributed by atoms with E-state index >= 15 is 0 Å². The lowest BCUT2D eigenvalue weighted by Crippen LogP contribution is -2.09. The summed E-state index contributed by atoms with van der Waals surface area (Å²) in [6.07, 6.45) is 0. The number of halogens is 1. The molecule has 0 radical (unpaired) electrons. The molecule has 0 spiro atoms. The van der Waals surface area contributed by atoms with Crippen LogP contribution in [-0.4, -0.2) is 26.3 Å². The Morgan fingerprint density at radius 1 is 1.00 bits per heavy atom. The molecule has 0 saturated carbocycles. The highest BCUT2D eigenvalue weighted by atomic mass is 35.5. The topological polar surface area (TPSA) is 44.8 Å². The van der Waals surface area contributed by atoms with Crippen LogP contribution in [0, 0.1) is 0 Å². The van der Waals surface area contributed by atoms with Gasteiger partial charge < -0.3 is 14.2 Å². The summed E-state index contributed by atoms with van der Waals surface area (Å²) in [5, 5.41) is 0.631. The summed E-state index contributed by atoms with van der Waals surface area (Å²) >= 11 is 5.86. The predicted molar refractivity (Wildman–Crippen MR) is 80.2 cm³/mol. The van der Waals surface area contributed by atoms with Gasteiger partial charge in [0.2, 0.25) is 0 Å². The lowest BCUT2D eigenvalue weighted by atomic mass is 10.2. The normalized spacial score (nSPS) is 10.0. The number of ether oxygens (including phenoxy) is 3. The van der Waals surface area contributed by atoms with Gasteiger partial charge in [0, 0.05) is 5.02 Å². The van der Waals surface area contributed by atoms with Crippen LogP contribution in [0.5, 0.6) is 11.5 Å². The fourth-order valence-corrected chi connectivity index (χ4v) is 1.86. The monoisotopic (exact) mass is 306 g/mol. The van der Waals surface area contributed by atoms with Crippen LogP contribution in [0.3, 0.4) is 0 Å². The maximum Gasteiger partial charge on any atom is 0.337 e. The molecule has 0 aliphatic rings. The van der Waals surface area contributed by atoms with Crippen LogP contribution in [0.4, 0.5) is 0 Å². The first-order valence-electron chi connectivity index (χ1n) is 6.38. The summed E-state index contributed by atoms with van der Waals surface area (Å²) < 4.78 is 15.6. The Labute approximate surface area is 128 Å². The second-order valence-corrected chi connectivity index (χ2v) is 4.61. The molecule has 0 amide bonds. The van der Waals surface area contributed by atoms with E-state index in [1.165, 1.54) is 7.11 Å². The summed E-state index contributed by atoms with van der Waals surface area (Å²) in [7, 11) is 1.35. The van der Waals surface area contributed by atoms with E-state index in [9.17, 15) is 4.79 Å². The van der Waals surface area contributed by atoms with Gasteiger partial charge in [-0.15, -0.1) is 0 Å². The minimum atomic E-state index is -0.370. The van der Waals surface area contributed by atoms with Crippen molar-refractivity contribution in [1.82, 2.24) is 0 Å². The molecular formula is C16H15ClO4. The van der Waals surface area contributed by atoms with Crippen LogP contribution >= 0.6 is 11.6 Å². The molecule has 0 heterocycles. The van der Waals surface area contributed by atoms with Gasteiger partial charge in [0.05, 0.1) is 12.7 Å². The number of hydrogen-bond donors (Lipinski definition) is 0. The maximum atomic E-state index is 11.3. The average molecular weight is 307 g/mol. The number of carbonyl (C=O) groups is 1. The third-order valence-electron chi connectivity index (χ3n) is 2.69. The summed E-state index contributed by atoms with van der Waals surface area (Å²) in [5.74, 6) is 0.996. The van der Waals surface area contributed by atoms with Gasteiger partial charge in [0.25, 0.3) is 0 Å². The molecule has 5 heteroatoms. The summed E-state index contributed by atoms with van der Waals surface area (Å²) in [5.41, 5.74) is 0.486. The summed E-state index contributed by atoms with van der Waals surface area (Å²) in [6, 6.07) is 13.9. The van der Waals surface area contributed by atoms with E-state index in [1.807, 2.05) is 12.1 Å². The standard InChI is InChI=1S/C16H15ClO4/c1-19-16(18)12-5-7-14(8-6-12)20-9-10-21-15-4-2-3-13(17)11-15/h2-8,11H,9-10H2,1H3. The second-order valence-electron chi connectivity index (χ2n) is 4.17. The molecule has 2 rings (SSSR count). The molecular weight excluding hydrogens is 292 g/mol. The smallest absolute Gasteiger partial charge is 0.337 e. The zero-order chi connectivity index (χ0) is 15.1. The molecule has 110 valence electrons. The van der Waals surface area contributed by atoms with Crippen LogP contribution in [0.15, 0.2) is 48.5 Å². The number of hydrogen-bond acceptors (Lipinski definition) is 4. The van der Waals surface area contributed by atoms with Crippen molar-refractivity contribution >= 4 is 17.6 Å². The van der Waals surface area contributed by atoms with Gasteiger partial charge in [-0.1, -0.05) is 17.7 Å². The number of methoxy groups -OCH3 is 1. The van der Waals surface area contributed by atoms with Crippen LogP contribution in [0.25, 0.3) is 0 Å². The quantitative estimate of drug-likeness (QED) is 0.604. The molecule has 0 fully saturated rings. The Hall–Kier alpha value is -2.20. The summed E-state index contributed by atoms with van der Waals surface area (Å²) in [6.45, 7) is 0.795. The van der Waals surface area contributed by atoms with Crippen molar-refractivity contribution in [2.24, 2.45) is 0 Å². The molecule has 0 aliphatic heterocycles. The Balaban J connectivity index is 1.77. The third-order valence-corrected chi connectivity index (χ3v) is 2.93. The molecule has 0 aliphatic carbocycles. The lowest BCUT2D eigenvalue weighted by Gasteiger charge is -2.09. The lowest BCUT2D eigenvalue weighted by molar-refractivity contribution is 0.0600. The Morgan fingerprint density at radius 2 is 1.67 bits per heavy atom. The molecule has 21 heavy (non-hydrogen) atoms. The third kappa shape index (κ3) is 4.68. The van der Waals surface area contributed by atoms with Crippen LogP contribution in [0.1, 0.15) is 10.4 Å². The molecule has 2 aromatic carbocycles. The minimum absolute atomic E-state index is 0.370. The van der Waals surface area contributed by atoms with Crippen molar-refractivity contribution < 1.29 is 19.0 Å². The molecule has 0 atom stereocenters. The van der Waals surface area contributed by atoms with Crippen LogP contribution in [-0.2, 0) is 4.74 Å². The second kappa shape index (κ2) is 7.55. The first kappa shape index (κ1) is 15.2. The number of esters is 1. The highest BCUT2D eigenvalue weighted by Gasteiger charge is 2.04. The molecule has 0 bridgehead atoms. The zero-order valence-corrected chi connectivity index (χ0v) is 12.3. The van der Waals surface area contributed by atoms with Gasteiger partial charge in [0.1, 0.15) is 24.7 Å². The number of benzene rings is 2. The zero-order valence-electron chi connectivity index (χ0n) is 11.5. The SMILES string of the molecule is COC(=O)c1ccc(OCCOc2cccc(Cl)c2)cc1. The van der Waals surface area contributed by atoms with E-state index < -0.39 is 0 Å². The van der Waals surface area contributed by atoms with E-state index in [0.717, 1.165) is 0 Å². The van der Waals surface area contributed by atoms with Gasteiger partial charge in [-0.3, -0.25) is 0 Å². The van der Waals surface area contributed by atoms with Gasteiger partial charge in [-0.05, 0) is 42.5 Å². The van der Waals surface area contributed by atoms with E-state index in [4.69, 9.17) is 21.1 Å².